The molecule has 9 heteroatoms. The SMILES string of the molecule is COc1cc(-c2cnn(C)c2)ccc1Nc1ncc2ccnc(NCC3(C)CCOC3)c2n1. The average molecular weight is 446 g/mol. The van der Waals surface area contributed by atoms with Crippen molar-refractivity contribution in [3.63, 3.8) is 0 Å². The van der Waals surface area contributed by atoms with E-state index in [2.05, 4.69) is 32.6 Å². The molecular weight excluding hydrogens is 418 g/mol. The second-order valence-electron chi connectivity index (χ2n) is 8.70. The van der Waals surface area contributed by atoms with Crippen molar-refractivity contribution in [1.82, 2.24) is 24.7 Å². The number of hydrogen-bond donors (Lipinski definition) is 2. The van der Waals surface area contributed by atoms with Crippen molar-refractivity contribution in [1.29, 1.82) is 0 Å². The zero-order valence-corrected chi connectivity index (χ0v) is 19.0. The van der Waals surface area contributed by atoms with E-state index in [-0.39, 0.29) is 5.41 Å². The summed E-state index contributed by atoms with van der Waals surface area (Å²) in [4.78, 5) is 13.8. The zero-order chi connectivity index (χ0) is 22.8. The quantitative estimate of drug-likeness (QED) is 0.440. The van der Waals surface area contributed by atoms with Gasteiger partial charge in [-0.15, -0.1) is 0 Å². The van der Waals surface area contributed by atoms with E-state index in [0.29, 0.717) is 11.7 Å². The summed E-state index contributed by atoms with van der Waals surface area (Å²) >= 11 is 0. The van der Waals surface area contributed by atoms with Gasteiger partial charge in [0.1, 0.15) is 11.3 Å². The molecule has 33 heavy (non-hydrogen) atoms. The molecule has 170 valence electrons. The van der Waals surface area contributed by atoms with E-state index < -0.39 is 0 Å². The van der Waals surface area contributed by atoms with Gasteiger partial charge in [-0.25, -0.2) is 15.0 Å². The predicted molar refractivity (Wildman–Crippen MR) is 128 cm³/mol. The smallest absolute Gasteiger partial charge is 0.227 e. The van der Waals surface area contributed by atoms with Crippen molar-refractivity contribution in [3.8, 4) is 16.9 Å². The lowest BCUT2D eigenvalue weighted by Gasteiger charge is -2.22. The molecule has 1 unspecified atom stereocenters. The van der Waals surface area contributed by atoms with Crippen LogP contribution < -0.4 is 15.4 Å². The van der Waals surface area contributed by atoms with Gasteiger partial charge in [0.15, 0.2) is 5.82 Å². The van der Waals surface area contributed by atoms with E-state index >= 15 is 0 Å². The van der Waals surface area contributed by atoms with Crippen LogP contribution in [0, 0.1) is 5.41 Å². The number of anilines is 3. The molecule has 0 spiro atoms. The van der Waals surface area contributed by atoms with Gasteiger partial charge >= 0.3 is 0 Å². The van der Waals surface area contributed by atoms with Crippen LogP contribution >= 0.6 is 0 Å². The highest BCUT2D eigenvalue weighted by Gasteiger charge is 2.29. The molecule has 1 saturated heterocycles. The normalized spacial score (nSPS) is 17.9. The summed E-state index contributed by atoms with van der Waals surface area (Å²) in [5.41, 5.74) is 3.68. The van der Waals surface area contributed by atoms with Crippen LogP contribution in [0.3, 0.4) is 0 Å². The lowest BCUT2D eigenvalue weighted by molar-refractivity contribution is 0.164. The molecule has 1 aromatic carbocycles. The van der Waals surface area contributed by atoms with Crippen molar-refractivity contribution >= 4 is 28.4 Å². The Bertz CT molecular complexity index is 1280. The number of nitrogens with one attached hydrogen (secondary N) is 2. The Morgan fingerprint density at radius 3 is 2.85 bits per heavy atom. The van der Waals surface area contributed by atoms with Crippen LogP contribution in [0.1, 0.15) is 13.3 Å². The van der Waals surface area contributed by atoms with Gasteiger partial charge in [-0.1, -0.05) is 13.0 Å². The Morgan fingerprint density at radius 1 is 1.18 bits per heavy atom. The molecule has 1 aliphatic rings. The molecule has 0 saturated carbocycles. The van der Waals surface area contributed by atoms with Crippen LogP contribution in [-0.2, 0) is 11.8 Å². The Morgan fingerprint density at radius 2 is 2.09 bits per heavy atom. The minimum absolute atomic E-state index is 0.0986. The van der Waals surface area contributed by atoms with Gasteiger partial charge in [-0.2, -0.15) is 5.10 Å². The Labute approximate surface area is 192 Å². The number of aromatic nitrogens is 5. The maximum Gasteiger partial charge on any atom is 0.227 e. The van der Waals surface area contributed by atoms with E-state index in [1.54, 1.807) is 24.2 Å². The number of rotatable bonds is 7. The number of fused-ring (bicyclic) bond motifs is 1. The fourth-order valence-corrected chi connectivity index (χ4v) is 3.96. The molecule has 4 aromatic rings. The van der Waals surface area contributed by atoms with Crippen LogP contribution in [0.4, 0.5) is 17.5 Å². The molecule has 0 amide bonds. The predicted octanol–water partition coefficient (Wildman–Crippen LogP) is 4.02. The maximum atomic E-state index is 5.62. The second-order valence-corrected chi connectivity index (χ2v) is 8.70. The van der Waals surface area contributed by atoms with E-state index in [4.69, 9.17) is 14.5 Å². The topological polar surface area (TPSA) is 99.0 Å². The van der Waals surface area contributed by atoms with Crippen LogP contribution in [0.15, 0.2) is 49.1 Å². The number of aryl methyl sites for hydroxylation is 1. The molecule has 9 nitrogen and oxygen atoms in total. The van der Waals surface area contributed by atoms with E-state index in [9.17, 15) is 0 Å². The summed E-state index contributed by atoms with van der Waals surface area (Å²) in [6.45, 7) is 4.55. The summed E-state index contributed by atoms with van der Waals surface area (Å²) in [5.74, 6) is 1.91. The Kier molecular flexibility index (Phi) is 5.55. The van der Waals surface area contributed by atoms with Crippen molar-refractivity contribution < 1.29 is 9.47 Å². The molecule has 1 fully saturated rings. The number of pyridine rings is 1. The Hall–Kier alpha value is -3.72. The molecule has 1 atom stereocenters. The van der Waals surface area contributed by atoms with Crippen molar-refractivity contribution in [2.45, 2.75) is 13.3 Å². The first-order chi connectivity index (χ1) is 16.0. The fourth-order valence-electron chi connectivity index (χ4n) is 3.96. The fraction of sp³-hybridized carbons (Fsp3) is 0.333. The third-order valence-corrected chi connectivity index (χ3v) is 5.97. The molecular formula is C24H27N7O2. The van der Waals surface area contributed by atoms with Gasteiger partial charge in [-0.05, 0) is 30.2 Å². The number of hydrogen-bond acceptors (Lipinski definition) is 8. The Balaban J connectivity index is 1.41. The van der Waals surface area contributed by atoms with Gasteiger partial charge in [0, 0.05) is 55.2 Å². The van der Waals surface area contributed by atoms with Crippen molar-refractivity contribution in [2.75, 3.05) is 37.5 Å². The average Bonchev–Trinajstić information content (AvgIpc) is 3.46. The van der Waals surface area contributed by atoms with Gasteiger partial charge < -0.3 is 20.1 Å². The third kappa shape index (κ3) is 4.45. The van der Waals surface area contributed by atoms with Crippen molar-refractivity contribution in [3.05, 3.63) is 49.1 Å². The highest BCUT2D eigenvalue weighted by molar-refractivity contribution is 5.88. The highest BCUT2D eigenvalue weighted by Crippen LogP contribution is 2.33. The zero-order valence-electron chi connectivity index (χ0n) is 19.0. The van der Waals surface area contributed by atoms with Gasteiger partial charge in [0.25, 0.3) is 0 Å². The number of benzene rings is 1. The minimum atomic E-state index is 0.0986. The monoisotopic (exact) mass is 445 g/mol. The number of methoxy groups -OCH3 is 1. The first kappa shape index (κ1) is 21.1. The molecule has 1 aliphatic heterocycles. The van der Waals surface area contributed by atoms with Crippen LogP contribution in [0.5, 0.6) is 5.75 Å². The second kappa shape index (κ2) is 8.67. The van der Waals surface area contributed by atoms with E-state index in [1.165, 1.54) is 0 Å². The minimum Gasteiger partial charge on any atom is -0.495 e. The van der Waals surface area contributed by atoms with E-state index in [1.807, 2.05) is 43.7 Å². The molecule has 0 bridgehead atoms. The number of ether oxygens (including phenoxy) is 2. The van der Waals surface area contributed by atoms with Crippen LogP contribution in [0.2, 0.25) is 0 Å². The summed E-state index contributed by atoms with van der Waals surface area (Å²) in [6, 6.07) is 7.85. The largest absolute Gasteiger partial charge is 0.495 e. The molecule has 0 aliphatic carbocycles. The summed E-state index contributed by atoms with van der Waals surface area (Å²) in [6.07, 6.45) is 8.40. The molecule has 0 radical (unpaired) electrons. The first-order valence-electron chi connectivity index (χ1n) is 10.9. The van der Waals surface area contributed by atoms with Crippen molar-refractivity contribution in [2.24, 2.45) is 12.5 Å². The van der Waals surface area contributed by atoms with Gasteiger partial charge in [0.2, 0.25) is 5.95 Å². The van der Waals surface area contributed by atoms with E-state index in [0.717, 1.165) is 59.7 Å². The van der Waals surface area contributed by atoms with Gasteiger partial charge in [-0.3, -0.25) is 4.68 Å². The number of nitrogens with zero attached hydrogens (tertiary/aromatic N) is 5. The lowest BCUT2D eigenvalue weighted by Crippen LogP contribution is -2.27. The maximum absolute atomic E-state index is 5.62. The molecule has 4 heterocycles. The van der Waals surface area contributed by atoms with Crippen LogP contribution in [-0.4, -0.2) is 51.6 Å². The summed E-state index contributed by atoms with van der Waals surface area (Å²) < 4.78 is 13.0. The highest BCUT2D eigenvalue weighted by atomic mass is 16.5. The lowest BCUT2D eigenvalue weighted by atomic mass is 9.90. The summed E-state index contributed by atoms with van der Waals surface area (Å²) in [7, 11) is 3.54. The van der Waals surface area contributed by atoms with Crippen LogP contribution in [0.25, 0.3) is 22.0 Å². The molecule has 2 N–H and O–H groups in total. The molecule has 3 aromatic heterocycles. The summed E-state index contributed by atoms with van der Waals surface area (Å²) in [5, 5.41) is 11.9. The third-order valence-electron chi connectivity index (χ3n) is 5.97. The van der Waals surface area contributed by atoms with Gasteiger partial charge in [0.05, 0.1) is 25.6 Å². The standard InChI is InChI=1S/C24H27N7O2/c1-24(7-9-33-15-24)14-27-22-21-17(6-8-25-22)11-26-23(30-21)29-19-5-4-16(10-20(19)32-3)18-12-28-31(2)13-18/h4-6,8,10-13H,7,9,14-15H2,1-3H3,(H,25,27)(H,26,29,30). The molecule has 5 rings (SSSR count). The first-order valence-corrected chi connectivity index (χ1v) is 10.9.